The average molecular weight is 146 g/mol. The van der Waals surface area contributed by atoms with Gasteiger partial charge in [0.1, 0.15) is 18.3 Å². The van der Waals surface area contributed by atoms with E-state index in [9.17, 15) is 0 Å². The second-order valence-electron chi connectivity index (χ2n) is 1.85. The highest BCUT2D eigenvalue weighted by Crippen LogP contribution is 1.97. The van der Waals surface area contributed by atoms with Gasteiger partial charge in [-0.15, -0.1) is 6.42 Å². The van der Waals surface area contributed by atoms with Gasteiger partial charge in [-0.1, -0.05) is 5.92 Å². The largest absolute Gasteiger partial charge is 0.394 e. The zero-order chi connectivity index (χ0) is 8.15. The molecule has 0 spiro atoms. The Morgan fingerprint density at radius 3 is 2.10 bits per heavy atom. The van der Waals surface area contributed by atoms with Crippen LogP contribution in [-0.4, -0.2) is 45.3 Å². The van der Waals surface area contributed by atoms with Crippen molar-refractivity contribution in [3.8, 4) is 12.3 Å². The highest BCUT2D eigenvalue weighted by atomic mass is 16.4. The first-order chi connectivity index (χ1) is 4.63. The lowest BCUT2D eigenvalue weighted by atomic mass is 10.1. The standard InChI is InChI=1S/C6H10O4/c1-2-4(8)6(10)5(9)3-7/h1,4-10H,3H2/t4-,5-,6+/m0/s1. The van der Waals surface area contributed by atoms with Crippen LogP contribution in [0.1, 0.15) is 0 Å². The van der Waals surface area contributed by atoms with Gasteiger partial charge in [-0.3, -0.25) is 0 Å². The minimum absolute atomic E-state index is 0.625. The maximum absolute atomic E-state index is 8.78. The van der Waals surface area contributed by atoms with Crippen LogP contribution in [0.15, 0.2) is 0 Å². The molecule has 0 radical (unpaired) electrons. The summed E-state index contributed by atoms with van der Waals surface area (Å²) in [5, 5.41) is 34.4. The molecule has 0 saturated heterocycles. The van der Waals surface area contributed by atoms with Crippen LogP contribution in [-0.2, 0) is 0 Å². The lowest BCUT2D eigenvalue weighted by Crippen LogP contribution is -2.38. The van der Waals surface area contributed by atoms with Crippen LogP contribution in [0.2, 0.25) is 0 Å². The predicted octanol–water partition coefficient (Wildman–Crippen LogP) is -2.31. The van der Waals surface area contributed by atoms with E-state index < -0.39 is 24.9 Å². The summed E-state index contributed by atoms with van der Waals surface area (Å²) < 4.78 is 0. The number of rotatable bonds is 3. The number of aliphatic hydroxyl groups excluding tert-OH is 4. The summed E-state index contributed by atoms with van der Waals surface area (Å²) >= 11 is 0. The number of aliphatic hydroxyl groups is 4. The summed E-state index contributed by atoms with van der Waals surface area (Å²) in [5.74, 6) is 1.81. The molecular formula is C6H10O4. The molecule has 0 unspecified atom stereocenters. The zero-order valence-corrected chi connectivity index (χ0v) is 5.31. The monoisotopic (exact) mass is 146 g/mol. The lowest BCUT2D eigenvalue weighted by Gasteiger charge is -2.16. The minimum Gasteiger partial charge on any atom is -0.394 e. The number of hydrogen-bond donors (Lipinski definition) is 4. The Kier molecular flexibility index (Phi) is 4.00. The first kappa shape index (κ1) is 9.40. The highest BCUT2D eigenvalue weighted by molar-refractivity contribution is 4.99. The molecule has 10 heavy (non-hydrogen) atoms. The van der Waals surface area contributed by atoms with E-state index in [2.05, 4.69) is 0 Å². The highest BCUT2D eigenvalue weighted by Gasteiger charge is 2.21. The summed E-state index contributed by atoms with van der Waals surface area (Å²) in [4.78, 5) is 0. The Morgan fingerprint density at radius 1 is 1.30 bits per heavy atom. The van der Waals surface area contributed by atoms with Crippen molar-refractivity contribution >= 4 is 0 Å². The Bertz CT molecular complexity index is 128. The third-order valence-electron chi connectivity index (χ3n) is 1.08. The molecule has 0 aromatic carbocycles. The van der Waals surface area contributed by atoms with Gasteiger partial charge >= 0.3 is 0 Å². The molecule has 0 fully saturated rings. The molecule has 4 heteroatoms. The molecule has 0 aromatic rings. The van der Waals surface area contributed by atoms with Crippen molar-refractivity contribution in [1.82, 2.24) is 0 Å². The van der Waals surface area contributed by atoms with Crippen LogP contribution >= 0.6 is 0 Å². The SMILES string of the molecule is C#C[C@H](O)[C@@H](O)[C@@H](O)CO. The van der Waals surface area contributed by atoms with Gasteiger partial charge in [0, 0.05) is 0 Å². The fourth-order valence-electron chi connectivity index (χ4n) is 0.417. The molecule has 0 aromatic heterocycles. The molecule has 0 bridgehead atoms. The Morgan fingerprint density at radius 2 is 1.80 bits per heavy atom. The molecular weight excluding hydrogens is 136 g/mol. The molecule has 0 aliphatic rings. The molecule has 0 saturated carbocycles. The van der Waals surface area contributed by atoms with Crippen LogP contribution in [0.25, 0.3) is 0 Å². The van der Waals surface area contributed by atoms with Crippen molar-refractivity contribution < 1.29 is 20.4 Å². The van der Waals surface area contributed by atoms with Crippen LogP contribution in [0.5, 0.6) is 0 Å². The maximum atomic E-state index is 8.78. The Balaban J connectivity index is 3.84. The van der Waals surface area contributed by atoms with Crippen molar-refractivity contribution in [2.75, 3.05) is 6.61 Å². The van der Waals surface area contributed by atoms with Gasteiger partial charge in [-0.05, 0) is 0 Å². The molecule has 3 atom stereocenters. The van der Waals surface area contributed by atoms with E-state index in [0.717, 1.165) is 0 Å². The van der Waals surface area contributed by atoms with E-state index >= 15 is 0 Å². The smallest absolute Gasteiger partial charge is 0.142 e. The van der Waals surface area contributed by atoms with Crippen LogP contribution in [0.4, 0.5) is 0 Å². The van der Waals surface area contributed by atoms with Gasteiger partial charge < -0.3 is 20.4 Å². The van der Waals surface area contributed by atoms with E-state index in [0.29, 0.717) is 0 Å². The number of hydrogen-bond acceptors (Lipinski definition) is 4. The van der Waals surface area contributed by atoms with Crippen LogP contribution in [0, 0.1) is 12.3 Å². The zero-order valence-electron chi connectivity index (χ0n) is 5.31. The van der Waals surface area contributed by atoms with Gasteiger partial charge in [0.2, 0.25) is 0 Å². The van der Waals surface area contributed by atoms with Gasteiger partial charge in [0.05, 0.1) is 6.61 Å². The van der Waals surface area contributed by atoms with E-state index in [1.165, 1.54) is 0 Å². The second-order valence-corrected chi connectivity index (χ2v) is 1.85. The molecule has 4 N–H and O–H groups in total. The minimum atomic E-state index is -1.48. The van der Waals surface area contributed by atoms with Gasteiger partial charge in [0.25, 0.3) is 0 Å². The fraction of sp³-hybridized carbons (Fsp3) is 0.667. The quantitative estimate of drug-likeness (QED) is 0.337. The summed E-state index contributed by atoms with van der Waals surface area (Å²) in [6, 6.07) is 0. The third kappa shape index (κ3) is 2.33. The van der Waals surface area contributed by atoms with Crippen LogP contribution in [0.3, 0.4) is 0 Å². The Labute approximate surface area is 58.7 Å². The van der Waals surface area contributed by atoms with E-state index in [4.69, 9.17) is 26.8 Å². The number of terminal acetylenes is 1. The molecule has 58 valence electrons. The van der Waals surface area contributed by atoms with E-state index in [1.54, 1.807) is 0 Å². The van der Waals surface area contributed by atoms with Gasteiger partial charge in [-0.2, -0.15) is 0 Å². The lowest BCUT2D eigenvalue weighted by molar-refractivity contribution is -0.0582. The molecule has 0 aliphatic carbocycles. The van der Waals surface area contributed by atoms with Crippen molar-refractivity contribution in [2.24, 2.45) is 0 Å². The Hall–Kier alpha value is -0.600. The molecule has 4 nitrogen and oxygen atoms in total. The summed E-state index contributed by atoms with van der Waals surface area (Å²) in [7, 11) is 0. The first-order valence-corrected chi connectivity index (χ1v) is 2.74. The normalized spacial score (nSPS) is 19.1. The molecule has 0 heterocycles. The third-order valence-corrected chi connectivity index (χ3v) is 1.08. The molecule has 0 rings (SSSR count). The molecule has 0 amide bonds. The van der Waals surface area contributed by atoms with E-state index in [-0.39, 0.29) is 0 Å². The first-order valence-electron chi connectivity index (χ1n) is 2.74. The maximum Gasteiger partial charge on any atom is 0.142 e. The van der Waals surface area contributed by atoms with Gasteiger partial charge in [0.15, 0.2) is 0 Å². The van der Waals surface area contributed by atoms with Crippen molar-refractivity contribution in [1.29, 1.82) is 0 Å². The average Bonchev–Trinajstić information content (AvgIpc) is 2.00. The predicted molar refractivity (Wildman–Crippen MR) is 33.9 cm³/mol. The summed E-state index contributed by atoms with van der Waals surface area (Å²) in [6.07, 6.45) is 0.424. The second kappa shape index (κ2) is 4.25. The van der Waals surface area contributed by atoms with Crippen molar-refractivity contribution in [3.05, 3.63) is 0 Å². The van der Waals surface area contributed by atoms with E-state index in [1.807, 2.05) is 5.92 Å². The topological polar surface area (TPSA) is 80.9 Å². The summed E-state index contributed by atoms with van der Waals surface area (Å²) in [5.41, 5.74) is 0. The fourth-order valence-corrected chi connectivity index (χ4v) is 0.417. The summed E-state index contributed by atoms with van der Waals surface area (Å²) in [6.45, 7) is -0.625. The van der Waals surface area contributed by atoms with Crippen molar-refractivity contribution in [2.45, 2.75) is 18.3 Å². The van der Waals surface area contributed by atoms with Gasteiger partial charge in [-0.25, -0.2) is 0 Å². The van der Waals surface area contributed by atoms with Crippen molar-refractivity contribution in [3.63, 3.8) is 0 Å². The van der Waals surface area contributed by atoms with Crippen LogP contribution < -0.4 is 0 Å². The molecule has 0 aliphatic heterocycles.